The highest BCUT2D eigenvalue weighted by atomic mass is 32.1. The molecule has 0 fully saturated rings. The fraction of sp³-hybridized carbons (Fsp3) is 0.154. The Morgan fingerprint density at radius 1 is 1.35 bits per heavy atom. The second-order valence-corrected chi connectivity index (χ2v) is 4.99. The standard InChI is InChI=1S/C13H13N3O3S/c1-16(9-4-2-8(3-5-9)13(18)19)12(17)10-7-20-11(6-14)15-10/h2-5,7H,6,14H2,1H3,(H,18,19). The normalized spacial score (nSPS) is 10.3. The molecule has 2 rings (SSSR count). The third kappa shape index (κ3) is 2.84. The molecule has 7 heteroatoms. The van der Waals surface area contributed by atoms with Crippen LogP contribution < -0.4 is 10.6 Å². The molecule has 1 amide bonds. The van der Waals surface area contributed by atoms with E-state index in [0.29, 0.717) is 22.9 Å². The third-order valence-electron chi connectivity index (χ3n) is 2.75. The molecular weight excluding hydrogens is 278 g/mol. The molecule has 0 unspecified atom stereocenters. The quantitative estimate of drug-likeness (QED) is 0.891. The minimum Gasteiger partial charge on any atom is -0.478 e. The lowest BCUT2D eigenvalue weighted by atomic mass is 10.2. The highest BCUT2D eigenvalue weighted by Crippen LogP contribution is 2.18. The van der Waals surface area contributed by atoms with Crippen LogP contribution in [-0.2, 0) is 6.54 Å². The average molecular weight is 291 g/mol. The van der Waals surface area contributed by atoms with Gasteiger partial charge in [0.2, 0.25) is 0 Å². The number of carboxylic acid groups (broad SMARTS) is 1. The Kier molecular flexibility index (Phi) is 4.11. The fourth-order valence-electron chi connectivity index (χ4n) is 1.62. The molecule has 0 saturated carbocycles. The summed E-state index contributed by atoms with van der Waals surface area (Å²) < 4.78 is 0. The number of amides is 1. The van der Waals surface area contributed by atoms with E-state index < -0.39 is 5.97 Å². The second-order valence-electron chi connectivity index (χ2n) is 4.05. The molecule has 2 aromatic rings. The van der Waals surface area contributed by atoms with Crippen molar-refractivity contribution in [1.82, 2.24) is 4.98 Å². The van der Waals surface area contributed by atoms with E-state index in [1.165, 1.54) is 28.4 Å². The first-order chi connectivity index (χ1) is 9.52. The van der Waals surface area contributed by atoms with Crippen LogP contribution >= 0.6 is 11.3 Å². The minimum atomic E-state index is -1.00. The van der Waals surface area contributed by atoms with Gasteiger partial charge in [-0.05, 0) is 24.3 Å². The molecule has 1 aromatic carbocycles. The maximum Gasteiger partial charge on any atom is 0.335 e. The summed E-state index contributed by atoms with van der Waals surface area (Å²) in [6.07, 6.45) is 0. The number of aromatic nitrogens is 1. The van der Waals surface area contributed by atoms with Crippen molar-refractivity contribution in [2.75, 3.05) is 11.9 Å². The van der Waals surface area contributed by atoms with Crippen molar-refractivity contribution in [2.24, 2.45) is 5.73 Å². The monoisotopic (exact) mass is 291 g/mol. The number of anilines is 1. The molecule has 1 heterocycles. The number of carbonyl (C=O) groups excluding carboxylic acids is 1. The molecule has 0 aliphatic carbocycles. The van der Waals surface area contributed by atoms with Gasteiger partial charge in [-0.25, -0.2) is 9.78 Å². The van der Waals surface area contributed by atoms with Gasteiger partial charge in [0.15, 0.2) is 0 Å². The molecule has 20 heavy (non-hydrogen) atoms. The van der Waals surface area contributed by atoms with Crippen LogP contribution in [0.15, 0.2) is 29.6 Å². The van der Waals surface area contributed by atoms with Gasteiger partial charge >= 0.3 is 5.97 Å². The summed E-state index contributed by atoms with van der Waals surface area (Å²) in [7, 11) is 1.61. The molecule has 0 aliphatic heterocycles. The minimum absolute atomic E-state index is 0.175. The second kappa shape index (κ2) is 5.81. The van der Waals surface area contributed by atoms with Crippen LogP contribution in [0.1, 0.15) is 25.9 Å². The molecule has 1 aromatic heterocycles. The number of hydrogen-bond donors (Lipinski definition) is 2. The molecule has 6 nitrogen and oxygen atoms in total. The number of aromatic carboxylic acids is 1. The lowest BCUT2D eigenvalue weighted by Crippen LogP contribution is -2.26. The first-order valence-electron chi connectivity index (χ1n) is 5.79. The highest BCUT2D eigenvalue weighted by molar-refractivity contribution is 7.09. The van der Waals surface area contributed by atoms with Crippen LogP contribution in [0.4, 0.5) is 5.69 Å². The predicted octanol–water partition coefficient (Wildman–Crippen LogP) is 1.58. The average Bonchev–Trinajstić information content (AvgIpc) is 2.94. The largest absolute Gasteiger partial charge is 0.478 e. The number of nitrogens with zero attached hydrogens (tertiary/aromatic N) is 2. The van der Waals surface area contributed by atoms with Crippen molar-refractivity contribution in [1.29, 1.82) is 0 Å². The summed E-state index contributed by atoms with van der Waals surface area (Å²) in [6, 6.07) is 6.07. The van der Waals surface area contributed by atoms with E-state index in [2.05, 4.69) is 4.98 Å². The van der Waals surface area contributed by atoms with E-state index >= 15 is 0 Å². The zero-order chi connectivity index (χ0) is 14.7. The Morgan fingerprint density at radius 3 is 2.50 bits per heavy atom. The van der Waals surface area contributed by atoms with Crippen molar-refractivity contribution < 1.29 is 14.7 Å². The van der Waals surface area contributed by atoms with Crippen LogP contribution in [0, 0.1) is 0 Å². The van der Waals surface area contributed by atoms with E-state index in [4.69, 9.17) is 10.8 Å². The zero-order valence-corrected chi connectivity index (χ0v) is 11.6. The van der Waals surface area contributed by atoms with Crippen LogP contribution in [-0.4, -0.2) is 29.0 Å². The molecule has 0 aliphatic rings. The summed E-state index contributed by atoms with van der Waals surface area (Å²) in [5.74, 6) is -1.26. The van der Waals surface area contributed by atoms with Gasteiger partial charge in [-0.2, -0.15) is 0 Å². The van der Waals surface area contributed by atoms with E-state index in [-0.39, 0.29) is 11.5 Å². The lowest BCUT2D eigenvalue weighted by molar-refractivity contribution is 0.0696. The smallest absolute Gasteiger partial charge is 0.335 e. The molecule has 0 bridgehead atoms. The first kappa shape index (κ1) is 14.2. The Balaban J connectivity index is 2.19. The number of carbonyl (C=O) groups is 2. The molecule has 0 radical (unpaired) electrons. The van der Waals surface area contributed by atoms with Crippen molar-refractivity contribution >= 4 is 28.9 Å². The van der Waals surface area contributed by atoms with Gasteiger partial charge in [0.25, 0.3) is 5.91 Å². The number of rotatable bonds is 4. The molecule has 0 spiro atoms. The highest BCUT2D eigenvalue weighted by Gasteiger charge is 2.17. The summed E-state index contributed by atoms with van der Waals surface area (Å²) in [5, 5.41) is 11.2. The van der Waals surface area contributed by atoms with Gasteiger partial charge in [0.05, 0.1) is 5.56 Å². The number of nitrogens with two attached hydrogens (primary N) is 1. The van der Waals surface area contributed by atoms with Gasteiger partial charge in [0.1, 0.15) is 10.7 Å². The SMILES string of the molecule is CN(C(=O)c1csc(CN)n1)c1ccc(C(=O)O)cc1. The number of carboxylic acids is 1. The Labute approximate surface area is 119 Å². The molecule has 0 saturated heterocycles. The molecule has 104 valence electrons. The summed E-state index contributed by atoms with van der Waals surface area (Å²) in [5.41, 5.74) is 6.57. The van der Waals surface area contributed by atoms with Crippen LogP contribution in [0.5, 0.6) is 0 Å². The summed E-state index contributed by atoms with van der Waals surface area (Å²) >= 11 is 1.34. The van der Waals surface area contributed by atoms with Crippen molar-refractivity contribution in [2.45, 2.75) is 6.54 Å². The fourth-order valence-corrected chi connectivity index (χ4v) is 2.27. The maximum atomic E-state index is 12.2. The van der Waals surface area contributed by atoms with E-state index in [1.807, 2.05) is 0 Å². The van der Waals surface area contributed by atoms with Gasteiger partial charge in [0, 0.05) is 24.7 Å². The molecule has 3 N–H and O–H groups in total. The number of hydrogen-bond acceptors (Lipinski definition) is 5. The lowest BCUT2D eigenvalue weighted by Gasteiger charge is -2.16. The van der Waals surface area contributed by atoms with Gasteiger partial charge < -0.3 is 15.7 Å². The van der Waals surface area contributed by atoms with Crippen LogP contribution in [0.2, 0.25) is 0 Å². The first-order valence-corrected chi connectivity index (χ1v) is 6.66. The van der Waals surface area contributed by atoms with E-state index in [0.717, 1.165) is 0 Å². The van der Waals surface area contributed by atoms with Crippen molar-refractivity contribution in [3.05, 3.63) is 45.9 Å². The van der Waals surface area contributed by atoms with Crippen molar-refractivity contribution in [3.63, 3.8) is 0 Å². The van der Waals surface area contributed by atoms with Crippen LogP contribution in [0.25, 0.3) is 0 Å². The van der Waals surface area contributed by atoms with Crippen LogP contribution in [0.3, 0.4) is 0 Å². The zero-order valence-electron chi connectivity index (χ0n) is 10.7. The molecule has 0 atom stereocenters. The van der Waals surface area contributed by atoms with Gasteiger partial charge in [-0.15, -0.1) is 11.3 Å². The molecular formula is C13H13N3O3S. The van der Waals surface area contributed by atoms with E-state index in [9.17, 15) is 9.59 Å². The van der Waals surface area contributed by atoms with Crippen molar-refractivity contribution in [3.8, 4) is 0 Å². The predicted molar refractivity (Wildman–Crippen MR) is 76.1 cm³/mol. The van der Waals surface area contributed by atoms with Gasteiger partial charge in [-0.3, -0.25) is 4.79 Å². The topological polar surface area (TPSA) is 96.5 Å². The van der Waals surface area contributed by atoms with E-state index in [1.54, 1.807) is 24.6 Å². The van der Waals surface area contributed by atoms with Gasteiger partial charge in [-0.1, -0.05) is 0 Å². The summed E-state index contributed by atoms with van der Waals surface area (Å²) in [4.78, 5) is 28.5. The number of benzene rings is 1. The Bertz CT molecular complexity index is 637. The maximum absolute atomic E-state index is 12.2. The Hall–Kier alpha value is -2.25. The third-order valence-corrected chi connectivity index (χ3v) is 3.62. The summed E-state index contributed by atoms with van der Waals surface area (Å²) in [6.45, 7) is 0.301. The Morgan fingerprint density at radius 2 is 2.00 bits per heavy atom. The number of thiazole rings is 1.